The third kappa shape index (κ3) is 4.12. The minimum atomic E-state index is -1.15. The van der Waals surface area contributed by atoms with Crippen molar-refractivity contribution in [2.24, 2.45) is 11.8 Å². The first kappa shape index (κ1) is 16.8. The van der Waals surface area contributed by atoms with Crippen LogP contribution in [0.1, 0.15) is 59.3 Å². The van der Waals surface area contributed by atoms with Gasteiger partial charge in [0.25, 0.3) is 0 Å². The molecule has 1 aliphatic rings. The van der Waals surface area contributed by atoms with Crippen LogP contribution in [0.4, 0.5) is 4.79 Å². The molecule has 116 valence electrons. The van der Waals surface area contributed by atoms with Crippen molar-refractivity contribution in [2.45, 2.75) is 64.8 Å². The molecular formula is C15H28N2O3. The number of rotatable bonds is 6. The summed E-state index contributed by atoms with van der Waals surface area (Å²) in [7, 11) is 0. The summed E-state index contributed by atoms with van der Waals surface area (Å²) in [5, 5.41) is 14.8. The number of nitrogens with one attached hydrogen (secondary N) is 2. The molecule has 1 fully saturated rings. The highest BCUT2D eigenvalue weighted by Gasteiger charge is 2.36. The highest BCUT2D eigenvalue weighted by atomic mass is 16.4. The quantitative estimate of drug-likeness (QED) is 0.701. The van der Waals surface area contributed by atoms with Crippen LogP contribution >= 0.6 is 0 Å². The van der Waals surface area contributed by atoms with Crippen molar-refractivity contribution in [1.82, 2.24) is 10.6 Å². The normalized spacial score (nSPS) is 23.1. The average molecular weight is 284 g/mol. The van der Waals surface area contributed by atoms with Crippen molar-refractivity contribution in [3.63, 3.8) is 0 Å². The first-order valence-electron chi connectivity index (χ1n) is 7.74. The number of carbonyl (C=O) groups excluding carboxylic acids is 1. The van der Waals surface area contributed by atoms with Crippen LogP contribution in [-0.4, -0.2) is 29.2 Å². The second kappa shape index (κ2) is 7.50. The lowest BCUT2D eigenvalue weighted by molar-refractivity contribution is -0.144. The van der Waals surface area contributed by atoms with E-state index in [0.717, 1.165) is 6.42 Å². The number of hydrogen-bond donors (Lipinski definition) is 3. The molecule has 1 saturated carbocycles. The Kier molecular flexibility index (Phi) is 6.30. The second-order valence-corrected chi connectivity index (χ2v) is 5.95. The zero-order valence-electron chi connectivity index (χ0n) is 12.9. The van der Waals surface area contributed by atoms with E-state index in [0.29, 0.717) is 31.2 Å². The Hall–Kier alpha value is -1.26. The van der Waals surface area contributed by atoms with Crippen LogP contribution in [0.3, 0.4) is 0 Å². The van der Waals surface area contributed by atoms with E-state index in [9.17, 15) is 14.7 Å². The number of carbonyl (C=O) groups is 2. The summed E-state index contributed by atoms with van der Waals surface area (Å²) in [6.07, 6.45) is 5.63. The summed E-state index contributed by atoms with van der Waals surface area (Å²) in [5.74, 6) is 0.172. The predicted molar refractivity (Wildman–Crippen MR) is 78.6 cm³/mol. The fourth-order valence-corrected chi connectivity index (χ4v) is 2.96. The fourth-order valence-electron chi connectivity index (χ4n) is 2.96. The molecule has 2 atom stereocenters. The van der Waals surface area contributed by atoms with E-state index in [2.05, 4.69) is 17.6 Å². The molecule has 0 spiro atoms. The minimum absolute atomic E-state index is 0.367. The van der Waals surface area contributed by atoms with Gasteiger partial charge in [0, 0.05) is 6.54 Å². The van der Waals surface area contributed by atoms with Gasteiger partial charge in [0.1, 0.15) is 5.54 Å². The summed E-state index contributed by atoms with van der Waals surface area (Å²) >= 11 is 0. The van der Waals surface area contributed by atoms with Gasteiger partial charge in [-0.15, -0.1) is 0 Å². The van der Waals surface area contributed by atoms with E-state index in [-0.39, 0.29) is 6.03 Å². The lowest BCUT2D eigenvalue weighted by Crippen LogP contribution is -2.57. The molecule has 5 heteroatoms. The molecule has 5 nitrogen and oxygen atoms in total. The van der Waals surface area contributed by atoms with E-state index in [1.54, 1.807) is 13.8 Å². The third-order valence-electron chi connectivity index (χ3n) is 4.78. The van der Waals surface area contributed by atoms with Gasteiger partial charge in [-0.1, -0.05) is 40.0 Å². The number of carboxylic acids is 1. The van der Waals surface area contributed by atoms with E-state index in [1.807, 2.05) is 0 Å². The molecular weight excluding hydrogens is 256 g/mol. The van der Waals surface area contributed by atoms with Gasteiger partial charge in [0.05, 0.1) is 0 Å². The number of hydrogen-bond acceptors (Lipinski definition) is 2. The Morgan fingerprint density at radius 2 is 1.80 bits per heavy atom. The van der Waals surface area contributed by atoms with Gasteiger partial charge < -0.3 is 15.7 Å². The maximum atomic E-state index is 11.9. The molecule has 0 aromatic carbocycles. The Labute approximate surface area is 121 Å². The monoisotopic (exact) mass is 284 g/mol. The Balaban J connectivity index is 2.48. The van der Waals surface area contributed by atoms with Crippen LogP contribution in [0.2, 0.25) is 0 Å². The van der Waals surface area contributed by atoms with Crippen molar-refractivity contribution in [3.05, 3.63) is 0 Å². The second-order valence-electron chi connectivity index (χ2n) is 5.95. The topological polar surface area (TPSA) is 78.4 Å². The van der Waals surface area contributed by atoms with Crippen LogP contribution < -0.4 is 10.6 Å². The van der Waals surface area contributed by atoms with E-state index < -0.39 is 11.5 Å². The highest BCUT2D eigenvalue weighted by Crippen LogP contribution is 2.28. The largest absolute Gasteiger partial charge is 0.480 e. The maximum absolute atomic E-state index is 11.9. The molecule has 1 rings (SSSR count). The third-order valence-corrected chi connectivity index (χ3v) is 4.78. The van der Waals surface area contributed by atoms with Crippen LogP contribution in [0, 0.1) is 11.8 Å². The number of carboxylic acid groups (broad SMARTS) is 1. The molecule has 0 aromatic rings. The smallest absolute Gasteiger partial charge is 0.329 e. The standard InChI is InChI=1S/C15H28N2O3/c1-4-15(5-2,13(18)19)17-14(20)16-10-12-9-7-6-8-11(12)3/h11-12H,4-10H2,1-3H3,(H,18,19)(H2,16,17,20). The van der Waals surface area contributed by atoms with Gasteiger partial charge in [-0.05, 0) is 31.1 Å². The van der Waals surface area contributed by atoms with Gasteiger partial charge in [-0.3, -0.25) is 0 Å². The lowest BCUT2D eigenvalue weighted by Gasteiger charge is -2.31. The average Bonchev–Trinajstić information content (AvgIpc) is 2.43. The fraction of sp³-hybridized carbons (Fsp3) is 0.867. The molecule has 0 aliphatic heterocycles. The van der Waals surface area contributed by atoms with Crippen LogP contribution in [0.5, 0.6) is 0 Å². The van der Waals surface area contributed by atoms with Crippen LogP contribution in [0.15, 0.2) is 0 Å². The Bertz CT molecular complexity index is 340. The summed E-state index contributed by atoms with van der Waals surface area (Å²) in [6, 6.07) is -0.367. The molecule has 2 amide bonds. The Morgan fingerprint density at radius 3 is 2.30 bits per heavy atom. The predicted octanol–water partition coefficient (Wildman–Crippen LogP) is 2.76. The highest BCUT2D eigenvalue weighted by molar-refractivity contribution is 5.86. The summed E-state index contributed by atoms with van der Waals surface area (Å²) in [6.45, 7) is 6.42. The van der Waals surface area contributed by atoms with Crippen molar-refractivity contribution in [2.75, 3.05) is 6.54 Å². The molecule has 0 bridgehead atoms. The molecule has 0 saturated heterocycles. The summed E-state index contributed by atoms with van der Waals surface area (Å²) in [4.78, 5) is 23.3. The van der Waals surface area contributed by atoms with Gasteiger partial charge in [0.15, 0.2) is 0 Å². The number of aliphatic carboxylic acids is 1. The van der Waals surface area contributed by atoms with Gasteiger partial charge in [-0.25, -0.2) is 9.59 Å². The Morgan fingerprint density at radius 1 is 1.20 bits per heavy atom. The first-order valence-corrected chi connectivity index (χ1v) is 7.74. The number of amides is 2. The molecule has 0 aromatic heterocycles. The van der Waals surface area contributed by atoms with Gasteiger partial charge >= 0.3 is 12.0 Å². The zero-order valence-corrected chi connectivity index (χ0v) is 12.9. The molecule has 3 N–H and O–H groups in total. The SMILES string of the molecule is CCC(CC)(NC(=O)NCC1CCCCC1C)C(=O)O. The maximum Gasteiger partial charge on any atom is 0.329 e. The molecule has 1 aliphatic carbocycles. The van der Waals surface area contributed by atoms with Crippen molar-refractivity contribution < 1.29 is 14.7 Å². The van der Waals surface area contributed by atoms with E-state index in [1.165, 1.54) is 19.3 Å². The van der Waals surface area contributed by atoms with Gasteiger partial charge in [0.2, 0.25) is 0 Å². The summed E-state index contributed by atoms with van der Waals surface area (Å²) < 4.78 is 0. The first-order chi connectivity index (χ1) is 9.45. The molecule has 20 heavy (non-hydrogen) atoms. The van der Waals surface area contributed by atoms with E-state index >= 15 is 0 Å². The van der Waals surface area contributed by atoms with Crippen molar-refractivity contribution >= 4 is 12.0 Å². The number of urea groups is 1. The minimum Gasteiger partial charge on any atom is -0.480 e. The van der Waals surface area contributed by atoms with Crippen molar-refractivity contribution in [3.8, 4) is 0 Å². The van der Waals surface area contributed by atoms with Gasteiger partial charge in [-0.2, -0.15) is 0 Å². The van der Waals surface area contributed by atoms with E-state index in [4.69, 9.17) is 0 Å². The lowest BCUT2D eigenvalue weighted by atomic mass is 9.80. The molecule has 0 radical (unpaired) electrons. The van der Waals surface area contributed by atoms with Crippen LogP contribution in [-0.2, 0) is 4.79 Å². The zero-order chi connectivity index (χ0) is 15.2. The van der Waals surface area contributed by atoms with Crippen LogP contribution in [0.25, 0.3) is 0 Å². The summed E-state index contributed by atoms with van der Waals surface area (Å²) in [5.41, 5.74) is -1.15. The molecule has 0 heterocycles. The molecule has 2 unspecified atom stereocenters. The van der Waals surface area contributed by atoms with Crippen molar-refractivity contribution in [1.29, 1.82) is 0 Å².